The molecule has 0 aliphatic carbocycles. The first-order valence-corrected chi connectivity index (χ1v) is 8.06. The van der Waals surface area contributed by atoms with Gasteiger partial charge in [-0.3, -0.25) is 0 Å². The predicted molar refractivity (Wildman–Crippen MR) is 87.3 cm³/mol. The zero-order valence-electron chi connectivity index (χ0n) is 12.7. The summed E-state index contributed by atoms with van der Waals surface area (Å²) in [5.41, 5.74) is 7.20. The largest absolute Gasteiger partial charge is 0.491 e. The minimum atomic E-state index is 0.191. The average molecular weight is 344 g/mol. The molecule has 0 saturated carbocycles. The van der Waals surface area contributed by atoms with Gasteiger partial charge in [0.05, 0.1) is 6.61 Å². The number of hydrogen-bond donors (Lipinski definition) is 1. The van der Waals surface area contributed by atoms with Crippen LogP contribution in [-0.2, 0) is 11.2 Å². The van der Waals surface area contributed by atoms with Crippen LogP contribution in [0.3, 0.4) is 0 Å². The molecule has 114 valence electrons. The van der Waals surface area contributed by atoms with E-state index in [2.05, 4.69) is 42.8 Å². The molecule has 20 heavy (non-hydrogen) atoms. The molecule has 0 aliphatic heterocycles. The Bertz CT molecular complexity index is 396. The number of nitrogens with two attached hydrogens (primary N) is 1. The summed E-state index contributed by atoms with van der Waals surface area (Å²) in [5.74, 6) is 1.43. The summed E-state index contributed by atoms with van der Waals surface area (Å²) < 4.78 is 12.3. The summed E-state index contributed by atoms with van der Waals surface area (Å²) >= 11 is 3.56. The molecule has 0 amide bonds. The average Bonchev–Trinajstić information content (AvgIpc) is 2.41. The van der Waals surface area contributed by atoms with Gasteiger partial charge in [0.1, 0.15) is 12.4 Å². The van der Waals surface area contributed by atoms with Crippen LogP contribution < -0.4 is 10.5 Å². The first-order chi connectivity index (χ1) is 9.52. The van der Waals surface area contributed by atoms with E-state index >= 15 is 0 Å². The second kappa shape index (κ2) is 9.37. The van der Waals surface area contributed by atoms with Crippen molar-refractivity contribution in [2.45, 2.75) is 39.7 Å². The Labute approximate surface area is 131 Å². The molecule has 1 aromatic rings. The second-order valence-corrected chi connectivity index (χ2v) is 6.30. The molecule has 1 unspecified atom stereocenters. The fourth-order valence-corrected chi connectivity index (χ4v) is 2.17. The Kier molecular flexibility index (Phi) is 8.19. The van der Waals surface area contributed by atoms with Crippen LogP contribution in [-0.4, -0.2) is 25.9 Å². The maximum Gasteiger partial charge on any atom is 0.119 e. The third-order valence-corrected chi connectivity index (χ3v) is 3.74. The monoisotopic (exact) mass is 343 g/mol. The molecule has 0 aliphatic rings. The van der Waals surface area contributed by atoms with E-state index < -0.39 is 0 Å². The third kappa shape index (κ3) is 6.73. The molecule has 1 aromatic carbocycles. The molecule has 0 heterocycles. The lowest BCUT2D eigenvalue weighted by Gasteiger charge is -2.13. The minimum absolute atomic E-state index is 0.191. The van der Waals surface area contributed by atoms with E-state index in [-0.39, 0.29) is 6.04 Å². The lowest BCUT2D eigenvalue weighted by Crippen LogP contribution is -2.21. The van der Waals surface area contributed by atoms with E-state index in [0.29, 0.717) is 19.1 Å². The van der Waals surface area contributed by atoms with Crippen molar-refractivity contribution in [2.24, 2.45) is 11.7 Å². The van der Waals surface area contributed by atoms with Crippen LogP contribution in [0.15, 0.2) is 22.7 Å². The molecule has 0 bridgehead atoms. The Hall–Kier alpha value is -0.580. The lowest BCUT2D eigenvalue weighted by molar-refractivity contribution is 0.0819. The van der Waals surface area contributed by atoms with Crippen molar-refractivity contribution in [3.63, 3.8) is 0 Å². The van der Waals surface area contributed by atoms with Gasteiger partial charge in [0.25, 0.3) is 0 Å². The molecule has 2 N–H and O–H groups in total. The lowest BCUT2D eigenvalue weighted by atomic mass is 10.0. The maximum absolute atomic E-state index is 6.01. The van der Waals surface area contributed by atoms with Gasteiger partial charge in [-0.1, -0.05) is 36.7 Å². The highest BCUT2D eigenvalue weighted by Gasteiger charge is 2.07. The molecule has 3 nitrogen and oxygen atoms in total. The van der Waals surface area contributed by atoms with Crippen molar-refractivity contribution in [3.05, 3.63) is 28.2 Å². The van der Waals surface area contributed by atoms with Crippen LogP contribution in [0.25, 0.3) is 0 Å². The van der Waals surface area contributed by atoms with E-state index in [4.69, 9.17) is 15.2 Å². The first-order valence-electron chi connectivity index (χ1n) is 7.27. The van der Waals surface area contributed by atoms with Crippen LogP contribution in [0.1, 0.15) is 32.8 Å². The van der Waals surface area contributed by atoms with Crippen molar-refractivity contribution in [3.8, 4) is 5.75 Å². The highest BCUT2D eigenvalue weighted by Crippen LogP contribution is 2.24. The highest BCUT2D eigenvalue weighted by molar-refractivity contribution is 9.10. The van der Waals surface area contributed by atoms with Gasteiger partial charge in [-0.15, -0.1) is 0 Å². The van der Waals surface area contributed by atoms with Gasteiger partial charge in [0.2, 0.25) is 0 Å². The molecule has 1 atom stereocenters. The standard InChI is InChI=1S/C16H26BrNO2/c1-4-14(18)9-13-10-15(5-6-16(13)17)20-8-7-19-11-12(2)3/h5-6,10,12,14H,4,7-9,11,18H2,1-3H3. The van der Waals surface area contributed by atoms with E-state index in [1.807, 2.05) is 12.1 Å². The summed E-state index contributed by atoms with van der Waals surface area (Å²) in [6.45, 7) is 8.36. The topological polar surface area (TPSA) is 44.5 Å². The van der Waals surface area contributed by atoms with Crippen molar-refractivity contribution >= 4 is 15.9 Å². The van der Waals surface area contributed by atoms with E-state index in [1.165, 1.54) is 5.56 Å². The van der Waals surface area contributed by atoms with E-state index in [0.717, 1.165) is 29.7 Å². The van der Waals surface area contributed by atoms with Crippen LogP contribution >= 0.6 is 15.9 Å². The third-order valence-electron chi connectivity index (χ3n) is 2.97. The van der Waals surface area contributed by atoms with Crippen molar-refractivity contribution in [1.29, 1.82) is 0 Å². The number of hydrogen-bond acceptors (Lipinski definition) is 3. The fraction of sp³-hybridized carbons (Fsp3) is 0.625. The summed E-state index contributed by atoms with van der Waals surface area (Å²) in [6, 6.07) is 6.23. The fourth-order valence-electron chi connectivity index (χ4n) is 1.76. The molecular weight excluding hydrogens is 318 g/mol. The zero-order chi connectivity index (χ0) is 15.0. The molecule has 1 rings (SSSR count). The normalized spacial score (nSPS) is 12.7. The zero-order valence-corrected chi connectivity index (χ0v) is 14.3. The van der Waals surface area contributed by atoms with Crippen LogP contribution in [0.5, 0.6) is 5.75 Å². The molecule has 0 fully saturated rings. The predicted octanol–water partition coefficient (Wildman–Crippen LogP) is 3.78. The summed E-state index contributed by atoms with van der Waals surface area (Å²) in [4.78, 5) is 0. The van der Waals surface area contributed by atoms with Gasteiger partial charge in [0.15, 0.2) is 0 Å². The van der Waals surface area contributed by atoms with Crippen molar-refractivity contribution in [1.82, 2.24) is 0 Å². The van der Waals surface area contributed by atoms with Crippen LogP contribution in [0.2, 0.25) is 0 Å². The van der Waals surface area contributed by atoms with Gasteiger partial charge >= 0.3 is 0 Å². The van der Waals surface area contributed by atoms with Gasteiger partial charge in [-0.05, 0) is 42.5 Å². The number of rotatable bonds is 9. The number of benzene rings is 1. The van der Waals surface area contributed by atoms with E-state index in [1.54, 1.807) is 0 Å². The minimum Gasteiger partial charge on any atom is -0.491 e. The smallest absolute Gasteiger partial charge is 0.119 e. The van der Waals surface area contributed by atoms with Crippen molar-refractivity contribution in [2.75, 3.05) is 19.8 Å². The molecule has 0 aromatic heterocycles. The Morgan fingerprint density at radius 1 is 1.25 bits per heavy atom. The molecule has 0 saturated heterocycles. The van der Waals surface area contributed by atoms with Crippen LogP contribution in [0, 0.1) is 5.92 Å². The van der Waals surface area contributed by atoms with E-state index in [9.17, 15) is 0 Å². The summed E-state index contributed by atoms with van der Waals surface area (Å²) in [5, 5.41) is 0. The Balaban J connectivity index is 2.44. The van der Waals surface area contributed by atoms with Gasteiger partial charge in [-0.2, -0.15) is 0 Å². The van der Waals surface area contributed by atoms with Crippen LogP contribution in [0.4, 0.5) is 0 Å². The number of halogens is 1. The second-order valence-electron chi connectivity index (χ2n) is 5.44. The summed E-state index contributed by atoms with van der Waals surface area (Å²) in [6.07, 6.45) is 1.83. The summed E-state index contributed by atoms with van der Waals surface area (Å²) in [7, 11) is 0. The van der Waals surface area contributed by atoms with Gasteiger partial charge < -0.3 is 15.2 Å². The van der Waals surface area contributed by atoms with Crippen molar-refractivity contribution < 1.29 is 9.47 Å². The SMILES string of the molecule is CCC(N)Cc1cc(OCCOCC(C)C)ccc1Br. The molecule has 4 heteroatoms. The highest BCUT2D eigenvalue weighted by atomic mass is 79.9. The quantitative estimate of drug-likeness (QED) is 0.694. The number of ether oxygens (including phenoxy) is 2. The van der Waals surface area contributed by atoms with Gasteiger partial charge in [0, 0.05) is 17.1 Å². The Morgan fingerprint density at radius 3 is 2.65 bits per heavy atom. The molecule has 0 radical (unpaired) electrons. The maximum atomic E-state index is 6.01. The Morgan fingerprint density at radius 2 is 2.00 bits per heavy atom. The molecular formula is C16H26BrNO2. The van der Waals surface area contributed by atoms with Gasteiger partial charge in [-0.25, -0.2) is 0 Å². The first kappa shape index (κ1) is 17.5. The molecule has 0 spiro atoms.